The first kappa shape index (κ1) is 13.6. The predicted octanol–water partition coefficient (Wildman–Crippen LogP) is 3.96. The van der Waals surface area contributed by atoms with Crippen LogP contribution in [-0.2, 0) is 0 Å². The van der Waals surface area contributed by atoms with Gasteiger partial charge in [0.2, 0.25) is 0 Å². The highest BCUT2D eigenvalue weighted by Crippen LogP contribution is 2.30. The summed E-state index contributed by atoms with van der Waals surface area (Å²) in [6.07, 6.45) is 2.71. The molecule has 2 N–H and O–H groups in total. The number of carbonyl (C=O) groups is 1. The number of nitrogens with one attached hydrogen (secondary N) is 1. The number of pyridine rings is 1. The van der Waals surface area contributed by atoms with Gasteiger partial charge in [-0.15, -0.1) is 0 Å². The van der Waals surface area contributed by atoms with E-state index in [-0.39, 0.29) is 17.2 Å². The Kier molecular flexibility index (Phi) is 3.58. The lowest BCUT2D eigenvalue weighted by molar-refractivity contribution is 0.102. The smallest absolute Gasteiger partial charge is 0.259 e. The van der Waals surface area contributed by atoms with Gasteiger partial charge in [-0.3, -0.25) is 9.78 Å². The number of amides is 1. The zero-order valence-electron chi connectivity index (χ0n) is 10.9. The number of halogens is 1. The second kappa shape index (κ2) is 5.54. The minimum Gasteiger partial charge on any atom is -0.505 e. The molecule has 0 radical (unpaired) electrons. The second-order valence-electron chi connectivity index (χ2n) is 4.49. The molecule has 0 saturated carbocycles. The van der Waals surface area contributed by atoms with Crippen LogP contribution in [0.1, 0.15) is 10.4 Å². The molecule has 0 saturated heterocycles. The van der Waals surface area contributed by atoms with Gasteiger partial charge < -0.3 is 10.4 Å². The topological polar surface area (TPSA) is 62.2 Å². The molecule has 0 bridgehead atoms. The quantitative estimate of drug-likeness (QED) is 0.741. The Labute approximate surface area is 129 Å². The van der Waals surface area contributed by atoms with Gasteiger partial charge in [0.05, 0.1) is 11.8 Å². The van der Waals surface area contributed by atoms with Gasteiger partial charge in [0.1, 0.15) is 5.75 Å². The van der Waals surface area contributed by atoms with Crippen LogP contribution in [0.25, 0.3) is 10.8 Å². The summed E-state index contributed by atoms with van der Waals surface area (Å²) in [5, 5.41) is 14.4. The Morgan fingerprint density at radius 3 is 2.62 bits per heavy atom. The summed E-state index contributed by atoms with van der Waals surface area (Å²) in [5.41, 5.74) is 0.881. The number of hydrogen-bond donors (Lipinski definition) is 2. The third-order valence-electron chi connectivity index (χ3n) is 3.16. The first-order valence-corrected chi connectivity index (χ1v) is 7.07. The van der Waals surface area contributed by atoms with E-state index in [1.54, 1.807) is 0 Å². The van der Waals surface area contributed by atoms with Crippen molar-refractivity contribution in [1.29, 1.82) is 0 Å². The van der Waals surface area contributed by atoms with Crippen molar-refractivity contribution >= 4 is 38.3 Å². The second-order valence-corrected chi connectivity index (χ2v) is 5.34. The average Bonchev–Trinajstić information content (AvgIpc) is 2.51. The van der Waals surface area contributed by atoms with Crippen LogP contribution in [0, 0.1) is 0 Å². The highest BCUT2D eigenvalue weighted by Gasteiger charge is 2.12. The number of carbonyl (C=O) groups excluding carboxylic acids is 1. The molecule has 0 unspecified atom stereocenters. The van der Waals surface area contributed by atoms with E-state index in [1.165, 1.54) is 18.5 Å². The Bertz CT molecular complexity index is 833. The van der Waals surface area contributed by atoms with Gasteiger partial charge in [0, 0.05) is 21.7 Å². The molecule has 1 amide bonds. The average molecular weight is 343 g/mol. The van der Waals surface area contributed by atoms with E-state index >= 15 is 0 Å². The summed E-state index contributed by atoms with van der Waals surface area (Å²) in [4.78, 5) is 16.0. The van der Waals surface area contributed by atoms with Gasteiger partial charge >= 0.3 is 0 Å². The number of fused-ring (bicyclic) bond motifs is 1. The van der Waals surface area contributed by atoms with E-state index in [2.05, 4.69) is 26.2 Å². The molecule has 5 heteroatoms. The summed E-state index contributed by atoms with van der Waals surface area (Å²) in [5.74, 6) is -0.515. The lowest BCUT2D eigenvalue weighted by Gasteiger charge is -2.10. The third kappa shape index (κ3) is 2.60. The normalized spacial score (nSPS) is 10.5. The molecule has 104 valence electrons. The number of nitrogens with zero attached hydrogens (tertiary/aromatic N) is 1. The lowest BCUT2D eigenvalue weighted by atomic mass is 10.1. The van der Waals surface area contributed by atoms with Crippen LogP contribution in [-0.4, -0.2) is 16.0 Å². The van der Waals surface area contributed by atoms with Crippen LogP contribution in [0.15, 0.2) is 59.3 Å². The van der Waals surface area contributed by atoms with E-state index in [4.69, 9.17) is 0 Å². The zero-order chi connectivity index (χ0) is 14.8. The minimum absolute atomic E-state index is 0.142. The standard InChI is InChI=1S/C16H11BrN2O2/c17-13-5-6-14(11-4-2-1-3-10(11)13)19-16(21)12-7-8-18-9-15(12)20/h1-9,20H,(H,19,21). The van der Waals surface area contributed by atoms with E-state index in [0.717, 1.165) is 15.2 Å². The molecule has 4 nitrogen and oxygen atoms in total. The molecule has 2 aromatic carbocycles. The van der Waals surface area contributed by atoms with Crippen molar-refractivity contribution in [2.24, 2.45) is 0 Å². The Morgan fingerprint density at radius 2 is 1.86 bits per heavy atom. The van der Waals surface area contributed by atoms with Gasteiger partial charge in [0.15, 0.2) is 0 Å². The van der Waals surface area contributed by atoms with Crippen LogP contribution in [0.2, 0.25) is 0 Å². The van der Waals surface area contributed by atoms with Crippen molar-refractivity contribution in [3.63, 3.8) is 0 Å². The fraction of sp³-hybridized carbons (Fsp3) is 0. The first-order chi connectivity index (χ1) is 10.2. The number of rotatable bonds is 2. The monoisotopic (exact) mass is 342 g/mol. The lowest BCUT2D eigenvalue weighted by Crippen LogP contribution is -2.12. The van der Waals surface area contributed by atoms with Gasteiger partial charge in [-0.1, -0.05) is 40.2 Å². The van der Waals surface area contributed by atoms with Gasteiger partial charge in [-0.25, -0.2) is 0 Å². The van der Waals surface area contributed by atoms with Crippen LogP contribution in [0.4, 0.5) is 5.69 Å². The van der Waals surface area contributed by atoms with Crippen molar-refractivity contribution in [1.82, 2.24) is 4.98 Å². The number of aromatic hydroxyl groups is 1. The van der Waals surface area contributed by atoms with Crippen LogP contribution >= 0.6 is 15.9 Å². The first-order valence-electron chi connectivity index (χ1n) is 6.28. The van der Waals surface area contributed by atoms with E-state index in [0.29, 0.717) is 5.69 Å². The molecular weight excluding hydrogens is 332 g/mol. The molecule has 0 atom stereocenters. The Morgan fingerprint density at radius 1 is 1.10 bits per heavy atom. The largest absolute Gasteiger partial charge is 0.505 e. The van der Waals surface area contributed by atoms with Crippen molar-refractivity contribution in [2.75, 3.05) is 5.32 Å². The van der Waals surface area contributed by atoms with Crippen LogP contribution < -0.4 is 5.32 Å². The van der Waals surface area contributed by atoms with E-state index in [9.17, 15) is 9.90 Å². The highest BCUT2D eigenvalue weighted by atomic mass is 79.9. The maximum atomic E-state index is 12.3. The summed E-state index contributed by atoms with van der Waals surface area (Å²) < 4.78 is 0.961. The predicted molar refractivity (Wildman–Crippen MR) is 85.5 cm³/mol. The maximum Gasteiger partial charge on any atom is 0.259 e. The number of anilines is 1. The van der Waals surface area contributed by atoms with Crippen molar-refractivity contribution in [2.45, 2.75) is 0 Å². The minimum atomic E-state index is -0.373. The molecule has 0 spiro atoms. The van der Waals surface area contributed by atoms with E-state index in [1.807, 2.05) is 36.4 Å². The van der Waals surface area contributed by atoms with E-state index < -0.39 is 0 Å². The maximum absolute atomic E-state index is 12.3. The molecule has 0 aliphatic carbocycles. The number of aromatic nitrogens is 1. The molecule has 1 heterocycles. The molecule has 0 aliphatic heterocycles. The van der Waals surface area contributed by atoms with Crippen LogP contribution in [0.3, 0.4) is 0 Å². The van der Waals surface area contributed by atoms with Crippen molar-refractivity contribution < 1.29 is 9.90 Å². The fourth-order valence-corrected chi connectivity index (χ4v) is 2.62. The van der Waals surface area contributed by atoms with Crippen molar-refractivity contribution in [3.8, 4) is 5.75 Å². The highest BCUT2D eigenvalue weighted by molar-refractivity contribution is 9.10. The molecule has 21 heavy (non-hydrogen) atoms. The SMILES string of the molecule is O=C(Nc1ccc(Br)c2ccccc12)c1ccncc1O. The fourth-order valence-electron chi connectivity index (χ4n) is 2.14. The van der Waals surface area contributed by atoms with Crippen LogP contribution in [0.5, 0.6) is 5.75 Å². The Hall–Kier alpha value is -2.40. The molecular formula is C16H11BrN2O2. The zero-order valence-corrected chi connectivity index (χ0v) is 12.5. The number of benzene rings is 2. The van der Waals surface area contributed by atoms with Crippen molar-refractivity contribution in [3.05, 3.63) is 64.9 Å². The molecule has 0 fully saturated rings. The summed E-state index contributed by atoms with van der Waals surface area (Å²) in [7, 11) is 0. The molecule has 0 aliphatic rings. The molecule has 1 aromatic heterocycles. The third-order valence-corrected chi connectivity index (χ3v) is 3.86. The number of hydrogen-bond acceptors (Lipinski definition) is 3. The Balaban J connectivity index is 2.01. The summed E-state index contributed by atoms with van der Waals surface area (Å²) >= 11 is 3.49. The molecule has 3 rings (SSSR count). The summed E-state index contributed by atoms with van der Waals surface area (Å²) in [6.45, 7) is 0. The molecule has 3 aromatic rings. The van der Waals surface area contributed by atoms with Gasteiger partial charge in [0.25, 0.3) is 5.91 Å². The summed E-state index contributed by atoms with van der Waals surface area (Å²) in [6, 6.07) is 12.9. The van der Waals surface area contributed by atoms with Gasteiger partial charge in [-0.05, 0) is 23.6 Å². The van der Waals surface area contributed by atoms with Gasteiger partial charge in [-0.2, -0.15) is 0 Å².